The number of alkyl halides is 3. The monoisotopic (exact) mass is 438 g/mol. The number of halogens is 3. The number of carbonyl (C=O) groups excluding carboxylic acids is 1. The van der Waals surface area contributed by atoms with Gasteiger partial charge in [0.2, 0.25) is 0 Å². The smallest absolute Gasteiger partial charge is 0.484 e. The van der Waals surface area contributed by atoms with Crippen LogP contribution < -0.4 is 4.74 Å². The summed E-state index contributed by atoms with van der Waals surface area (Å²) >= 11 is 0. The van der Waals surface area contributed by atoms with Gasteiger partial charge >= 0.3 is 12.1 Å². The van der Waals surface area contributed by atoms with Crippen LogP contribution in [0.1, 0.15) is 19.3 Å². The molecule has 0 aliphatic carbocycles. The normalized spacial score (nSPS) is 21.2. The van der Waals surface area contributed by atoms with E-state index in [1.165, 1.54) is 18.2 Å². The molecule has 1 unspecified atom stereocenters. The van der Waals surface area contributed by atoms with Crippen molar-refractivity contribution >= 4 is 22.6 Å². The maximum Gasteiger partial charge on any atom is 0.490 e. The number of ether oxygens (including phenoxy) is 1. The molecule has 168 valence electrons. The highest BCUT2D eigenvalue weighted by atomic mass is 19.4. The van der Waals surface area contributed by atoms with Crippen molar-refractivity contribution in [2.24, 2.45) is 0 Å². The Morgan fingerprint density at radius 3 is 2.35 bits per heavy atom. The zero-order valence-electron chi connectivity index (χ0n) is 17.2. The van der Waals surface area contributed by atoms with E-state index >= 15 is 0 Å². The second-order valence-electron chi connectivity index (χ2n) is 7.92. The number of carboxylic acid groups (broad SMARTS) is 1. The van der Waals surface area contributed by atoms with Crippen LogP contribution in [-0.2, 0) is 9.59 Å². The first kappa shape index (κ1) is 22.9. The number of fused-ring (bicyclic) bond motifs is 1. The summed E-state index contributed by atoms with van der Waals surface area (Å²) in [5.74, 6) is -1.90. The van der Waals surface area contributed by atoms with Gasteiger partial charge in [-0.1, -0.05) is 30.3 Å². The zero-order chi connectivity index (χ0) is 22.6. The summed E-state index contributed by atoms with van der Waals surface area (Å²) in [6.07, 6.45) is -1.58. The first-order chi connectivity index (χ1) is 14.6. The number of hydrogen-bond donors (Lipinski definition) is 1. The number of likely N-dealkylation sites (tertiary alicyclic amines) is 2. The lowest BCUT2D eigenvalue weighted by Gasteiger charge is -2.55. The van der Waals surface area contributed by atoms with E-state index in [9.17, 15) is 18.0 Å². The van der Waals surface area contributed by atoms with Crippen molar-refractivity contribution in [3.05, 3.63) is 42.5 Å². The van der Waals surface area contributed by atoms with Gasteiger partial charge in [-0.2, -0.15) is 13.2 Å². The van der Waals surface area contributed by atoms with Crippen molar-refractivity contribution in [2.45, 2.75) is 31.0 Å². The molecular formula is C22H25F3N2O4. The number of benzene rings is 2. The molecule has 1 amide bonds. The minimum Gasteiger partial charge on any atom is -0.484 e. The Hall–Kier alpha value is -2.81. The largest absolute Gasteiger partial charge is 0.490 e. The predicted octanol–water partition coefficient (Wildman–Crippen LogP) is 3.55. The SMILES string of the molecule is CN1CCC12CCCN(C(=O)COc1ccc3ccccc3c1)C2.O=C(O)C(F)(F)F. The molecule has 1 atom stereocenters. The zero-order valence-corrected chi connectivity index (χ0v) is 17.2. The fourth-order valence-corrected chi connectivity index (χ4v) is 3.99. The van der Waals surface area contributed by atoms with Crippen molar-refractivity contribution in [1.29, 1.82) is 0 Å². The highest BCUT2D eigenvalue weighted by molar-refractivity contribution is 5.84. The molecule has 2 heterocycles. The molecule has 2 aliphatic heterocycles. The van der Waals surface area contributed by atoms with Gasteiger partial charge in [0.1, 0.15) is 5.75 Å². The summed E-state index contributed by atoms with van der Waals surface area (Å²) in [6.45, 7) is 2.98. The number of likely N-dealkylation sites (N-methyl/N-ethyl adjacent to an activating group) is 1. The molecule has 2 aliphatic rings. The Labute approximate surface area is 178 Å². The number of aliphatic carboxylic acids is 1. The van der Waals surface area contributed by atoms with Gasteiger partial charge in [0.15, 0.2) is 6.61 Å². The quantitative estimate of drug-likeness (QED) is 0.794. The number of rotatable bonds is 3. The van der Waals surface area contributed by atoms with Crippen LogP contribution in [0.25, 0.3) is 10.8 Å². The van der Waals surface area contributed by atoms with E-state index in [0.717, 1.165) is 37.2 Å². The van der Waals surface area contributed by atoms with Crippen molar-refractivity contribution < 1.29 is 32.6 Å². The van der Waals surface area contributed by atoms with Crippen LogP contribution in [-0.4, -0.2) is 71.8 Å². The van der Waals surface area contributed by atoms with Crippen LogP contribution in [0.4, 0.5) is 13.2 Å². The number of amides is 1. The Morgan fingerprint density at radius 1 is 1.10 bits per heavy atom. The van der Waals surface area contributed by atoms with Crippen LogP contribution in [0.15, 0.2) is 42.5 Å². The van der Waals surface area contributed by atoms with Crippen molar-refractivity contribution in [2.75, 3.05) is 33.3 Å². The molecule has 2 aromatic carbocycles. The van der Waals surface area contributed by atoms with Crippen LogP contribution in [0.3, 0.4) is 0 Å². The molecule has 1 N–H and O–H groups in total. The molecule has 6 nitrogen and oxygen atoms in total. The molecule has 2 fully saturated rings. The second kappa shape index (κ2) is 9.13. The highest BCUT2D eigenvalue weighted by Crippen LogP contribution is 2.37. The Balaban J connectivity index is 0.000000339. The molecule has 31 heavy (non-hydrogen) atoms. The average Bonchev–Trinajstić information content (AvgIpc) is 2.76. The molecule has 9 heteroatoms. The number of nitrogens with zero attached hydrogens (tertiary/aromatic N) is 2. The van der Waals surface area contributed by atoms with Gasteiger partial charge in [-0.3, -0.25) is 9.69 Å². The molecule has 4 rings (SSSR count). The molecule has 2 saturated heterocycles. The predicted molar refractivity (Wildman–Crippen MR) is 109 cm³/mol. The minimum atomic E-state index is -5.08. The van der Waals surface area contributed by atoms with Gasteiger partial charge in [-0.15, -0.1) is 0 Å². The van der Waals surface area contributed by atoms with E-state index in [4.69, 9.17) is 14.6 Å². The molecule has 0 radical (unpaired) electrons. The van der Waals surface area contributed by atoms with E-state index < -0.39 is 12.1 Å². The molecule has 1 spiro atoms. The molecule has 0 aromatic heterocycles. The van der Waals surface area contributed by atoms with Crippen molar-refractivity contribution in [1.82, 2.24) is 9.80 Å². The molecular weight excluding hydrogens is 413 g/mol. The van der Waals surface area contributed by atoms with E-state index in [0.29, 0.717) is 0 Å². The van der Waals surface area contributed by atoms with Gasteiger partial charge in [0, 0.05) is 25.2 Å². The van der Waals surface area contributed by atoms with Crippen LogP contribution in [0.5, 0.6) is 5.75 Å². The lowest BCUT2D eigenvalue weighted by Crippen LogP contribution is -2.66. The van der Waals surface area contributed by atoms with E-state index in [2.05, 4.69) is 24.1 Å². The lowest BCUT2D eigenvalue weighted by atomic mass is 9.78. The third-order valence-electron chi connectivity index (χ3n) is 5.96. The number of carboxylic acids is 1. The second-order valence-corrected chi connectivity index (χ2v) is 7.92. The highest BCUT2D eigenvalue weighted by Gasteiger charge is 2.45. The minimum absolute atomic E-state index is 0.0996. The molecule has 0 saturated carbocycles. The van der Waals surface area contributed by atoms with Crippen LogP contribution in [0.2, 0.25) is 0 Å². The summed E-state index contributed by atoms with van der Waals surface area (Å²) < 4.78 is 37.5. The Morgan fingerprint density at radius 2 is 1.77 bits per heavy atom. The Bertz CT molecular complexity index is 950. The van der Waals surface area contributed by atoms with Gasteiger partial charge < -0.3 is 14.7 Å². The third kappa shape index (κ3) is 5.46. The van der Waals surface area contributed by atoms with Gasteiger partial charge in [-0.05, 0) is 49.2 Å². The fraction of sp³-hybridized carbons (Fsp3) is 0.455. The number of carbonyl (C=O) groups is 2. The number of hydrogen-bond acceptors (Lipinski definition) is 4. The van der Waals surface area contributed by atoms with Gasteiger partial charge in [0.05, 0.1) is 0 Å². The number of piperidine rings is 1. The Kier molecular flexibility index (Phi) is 6.74. The van der Waals surface area contributed by atoms with Crippen LogP contribution >= 0.6 is 0 Å². The van der Waals surface area contributed by atoms with E-state index in [-0.39, 0.29) is 18.1 Å². The molecule has 0 bridgehead atoms. The first-order valence-electron chi connectivity index (χ1n) is 10.0. The first-order valence-corrected chi connectivity index (χ1v) is 10.0. The van der Waals surface area contributed by atoms with E-state index in [1.807, 2.05) is 35.2 Å². The van der Waals surface area contributed by atoms with Crippen LogP contribution in [0, 0.1) is 0 Å². The van der Waals surface area contributed by atoms with Crippen molar-refractivity contribution in [3.8, 4) is 5.75 Å². The lowest BCUT2D eigenvalue weighted by molar-refractivity contribution is -0.192. The topological polar surface area (TPSA) is 70.1 Å². The maximum atomic E-state index is 12.6. The summed E-state index contributed by atoms with van der Waals surface area (Å²) in [5.41, 5.74) is 0.233. The summed E-state index contributed by atoms with van der Waals surface area (Å²) in [4.78, 5) is 25.8. The molecule has 2 aromatic rings. The standard InChI is InChI=1S/C20H24N2O2.C2HF3O2/c1-21-12-10-20(21)9-4-11-22(15-20)19(23)14-24-18-8-7-16-5-2-3-6-17(16)13-18;3-2(4,5)1(6)7/h2-3,5-8,13H,4,9-12,14-15H2,1H3;(H,6,7). The summed E-state index contributed by atoms with van der Waals surface area (Å²) in [5, 5.41) is 9.44. The summed E-state index contributed by atoms with van der Waals surface area (Å²) in [6, 6.07) is 14.1. The summed E-state index contributed by atoms with van der Waals surface area (Å²) in [7, 11) is 2.17. The van der Waals surface area contributed by atoms with Crippen molar-refractivity contribution in [3.63, 3.8) is 0 Å². The van der Waals surface area contributed by atoms with Gasteiger partial charge in [-0.25, -0.2) is 4.79 Å². The third-order valence-corrected chi connectivity index (χ3v) is 5.96. The fourth-order valence-electron chi connectivity index (χ4n) is 3.99. The average molecular weight is 438 g/mol. The maximum absolute atomic E-state index is 12.6. The van der Waals surface area contributed by atoms with E-state index in [1.54, 1.807) is 0 Å². The van der Waals surface area contributed by atoms with Gasteiger partial charge in [0.25, 0.3) is 5.91 Å².